The Balaban J connectivity index is 1.86. The second-order valence-corrected chi connectivity index (χ2v) is 7.62. The molecule has 0 saturated carbocycles. The molecule has 0 amide bonds. The van der Waals surface area contributed by atoms with Crippen molar-refractivity contribution >= 4 is 11.6 Å². The first-order valence-corrected chi connectivity index (χ1v) is 10.1. The Morgan fingerprint density at radius 2 is 1.52 bits per heavy atom. The van der Waals surface area contributed by atoms with Crippen LogP contribution in [0.2, 0.25) is 0 Å². The Morgan fingerprint density at radius 3 is 2.07 bits per heavy atom. The van der Waals surface area contributed by atoms with E-state index in [9.17, 15) is 9.59 Å². The fourth-order valence-corrected chi connectivity index (χ4v) is 4.83. The van der Waals surface area contributed by atoms with E-state index in [2.05, 4.69) is 17.0 Å². The van der Waals surface area contributed by atoms with Crippen molar-refractivity contribution in [3.8, 4) is 0 Å². The molecule has 4 heteroatoms. The number of ketones is 2. The van der Waals surface area contributed by atoms with Crippen LogP contribution in [-0.2, 0) is 14.3 Å². The molecule has 0 unspecified atom stereocenters. The van der Waals surface area contributed by atoms with Crippen molar-refractivity contribution in [1.29, 1.82) is 0 Å². The fourth-order valence-electron chi connectivity index (χ4n) is 4.83. The van der Waals surface area contributed by atoms with Crippen LogP contribution in [0.25, 0.3) is 0 Å². The molecule has 1 aliphatic heterocycles. The third-order valence-electron chi connectivity index (χ3n) is 5.95. The third-order valence-corrected chi connectivity index (χ3v) is 5.95. The van der Waals surface area contributed by atoms with Gasteiger partial charge in [0, 0.05) is 61.6 Å². The molecule has 4 rings (SSSR count). The molecule has 2 aliphatic carbocycles. The summed E-state index contributed by atoms with van der Waals surface area (Å²) in [5, 5.41) is 0. The maximum absolute atomic E-state index is 13.0. The molecule has 0 saturated heterocycles. The first kappa shape index (κ1) is 18.2. The highest BCUT2D eigenvalue weighted by Gasteiger charge is 2.42. The highest BCUT2D eigenvalue weighted by molar-refractivity contribution is 6.06. The van der Waals surface area contributed by atoms with E-state index in [1.54, 1.807) is 7.11 Å². The highest BCUT2D eigenvalue weighted by atomic mass is 16.5. The van der Waals surface area contributed by atoms with Gasteiger partial charge in [0.1, 0.15) is 0 Å². The summed E-state index contributed by atoms with van der Waals surface area (Å²) >= 11 is 0. The number of hydrogen-bond donors (Lipinski definition) is 0. The van der Waals surface area contributed by atoms with Crippen LogP contribution in [0, 0.1) is 0 Å². The quantitative estimate of drug-likeness (QED) is 0.736. The maximum atomic E-state index is 13.0. The topological polar surface area (TPSA) is 46.6 Å². The summed E-state index contributed by atoms with van der Waals surface area (Å²) < 4.78 is 5.24. The minimum absolute atomic E-state index is 0.185. The maximum Gasteiger partial charge on any atom is 0.161 e. The number of carbonyl (C=O) groups excluding carboxylic acids is 2. The van der Waals surface area contributed by atoms with Crippen LogP contribution in [0.5, 0.6) is 0 Å². The van der Waals surface area contributed by atoms with Crippen molar-refractivity contribution in [3.63, 3.8) is 0 Å². The number of rotatable bonds is 5. The van der Waals surface area contributed by atoms with Crippen molar-refractivity contribution in [2.75, 3.05) is 20.3 Å². The molecular weight excluding hydrogens is 338 g/mol. The van der Waals surface area contributed by atoms with E-state index < -0.39 is 0 Å². The molecule has 0 fully saturated rings. The molecule has 1 aromatic rings. The minimum atomic E-state index is -0.185. The number of methoxy groups -OCH3 is 1. The van der Waals surface area contributed by atoms with Gasteiger partial charge < -0.3 is 9.64 Å². The molecule has 0 bridgehead atoms. The first-order chi connectivity index (χ1) is 13.2. The molecule has 3 aliphatic rings. The van der Waals surface area contributed by atoms with Crippen molar-refractivity contribution < 1.29 is 14.3 Å². The van der Waals surface area contributed by atoms with Gasteiger partial charge in [-0.15, -0.1) is 0 Å². The van der Waals surface area contributed by atoms with E-state index in [1.807, 2.05) is 18.2 Å². The molecule has 1 heterocycles. The summed E-state index contributed by atoms with van der Waals surface area (Å²) in [5.74, 6) is 0.244. The Bertz CT molecular complexity index is 762. The van der Waals surface area contributed by atoms with Gasteiger partial charge in [0.2, 0.25) is 0 Å². The zero-order valence-corrected chi connectivity index (χ0v) is 16.0. The van der Waals surface area contributed by atoms with Gasteiger partial charge in [0.05, 0.1) is 0 Å². The van der Waals surface area contributed by atoms with E-state index in [4.69, 9.17) is 4.74 Å². The predicted molar refractivity (Wildman–Crippen MR) is 104 cm³/mol. The van der Waals surface area contributed by atoms with Crippen LogP contribution in [0.4, 0.5) is 0 Å². The van der Waals surface area contributed by atoms with Crippen molar-refractivity contribution in [2.24, 2.45) is 0 Å². The molecule has 0 aromatic heterocycles. The largest absolute Gasteiger partial charge is 0.385 e. The molecule has 27 heavy (non-hydrogen) atoms. The number of ether oxygens (including phenoxy) is 1. The summed E-state index contributed by atoms with van der Waals surface area (Å²) in [6, 6.07) is 10.1. The van der Waals surface area contributed by atoms with Gasteiger partial charge in [0.25, 0.3) is 0 Å². The molecule has 0 spiro atoms. The second kappa shape index (κ2) is 7.81. The van der Waals surface area contributed by atoms with Gasteiger partial charge in [-0.1, -0.05) is 30.3 Å². The van der Waals surface area contributed by atoms with E-state index in [0.29, 0.717) is 19.4 Å². The summed E-state index contributed by atoms with van der Waals surface area (Å²) in [6.07, 6.45) is 5.70. The van der Waals surface area contributed by atoms with Crippen LogP contribution in [0.1, 0.15) is 56.4 Å². The number of carbonyl (C=O) groups is 2. The lowest BCUT2D eigenvalue weighted by molar-refractivity contribution is -0.117. The molecule has 0 atom stereocenters. The van der Waals surface area contributed by atoms with Crippen LogP contribution in [-0.4, -0.2) is 36.7 Å². The Hall–Kier alpha value is -2.20. The molecule has 0 radical (unpaired) electrons. The van der Waals surface area contributed by atoms with Crippen LogP contribution in [0.15, 0.2) is 52.9 Å². The highest BCUT2D eigenvalue weighted by Crippen LogP contribution is 2.48. The zero-order chi connectivity index (χ0) is 18.8. The molecule has 1 aromatic carbocycles. The monoisotopic (exact) mass is 365 g/mol. The average molecular weight is 365 g/mol. The first-order valence-electron chi connectivity index (χ1n) is 10.1. The van der Waals surface area contributed by atoms with Gasteiger partial charge in [-0.05, 0) is 37.7 Å². The summed E-state index contributed by atoms with van der Waals surface area (Å²) in [5.41, 5.74) is 5.13. The lowest BCUT2D eigenvalue weighted by atomic mass is 9.71. The number of Topliss-reactive ketones (excluding diaryl/α,β-unsaturated/α-hetero) is 2. The Morgan fingerprint density at radius 1 is 0.926 bits per heavy atom. The lowest BCUT2D eigenvalue weighted by Gasteiger charge is -2.44. The van der Waals surface area contributed by atoms with Crippen LogP contribution >= 0.6 is 0 Å². The van der Waals surface area contributed by atoms with Crippen molar-refractivity contribution in [1.82, 2.24) is 4.90 Å². The van der Waals surface area contributed by atoms with Crippen LogP contribution in [0.3, 0.4) is 0 Å². The van der Waals surface area contributed by atoms with E-state index in [-0.39, 0.29) is 17.5 Å². The van der Waals surface area contributed by atoms with E-state index in [0.717, 1.165) is 66.8 Å². The van der Waals surface area contributed by atoms with Gasteiger partial charge in [-0.2, -0.15) is 0 Å². The number of benzene rings is 1. The van der Waals surface area contributed by atoms with Gasteiger partial charge in [-0.3, -0.25) is 9.59 Å². The standard InChI is InChI=1S/C23H27NO3/c1-27-15-7-14-24-17-10-5-12-19(25)22(17)21(16-8-3-2-4-9-16)23-18(24)11-6-13-20(23)26/h2-4,8-9,21H,5-7,10-15H2,1H3. The third kappa shape index (κ3) is 3.27. The lowest BCUT2D eigenvalue weighted by Crippen LogP contribution is -2.39. The zero-order valence-electron chi connectivity index (χ0n) is 16.0. The number of allylic oxidation sites excluding steroid dienone is 4. The molecule has 0 N–H and O–H groups in total. The van der Waals surface area contributed by atoms with Crippen LogP contribution < -0.4 is 0 Å². The van der Waals surface area contributed by atoms with Crippen molar-refractivity contribution in [2.45, 2.75) is 50.9 Å². The summed E-state index contributed by atoms with van der Waals surface area (Å²) in [6.45, 7) is 1.50. The minimum Gasteiger partial charge on any atom is -0.385 e. The number of hydrogen-bond acceptors (Lipinski definition) is 4. The summed E-state index contributed by atoms with van der Waals surface area (Å²) in [4.78, 5) is 28.4. The molecule has 142 valence electrons. The van der Waals surface area contributed by atoms with E-state index >= 15 is 0 Å². The SMILES string of the molecule is COCCCN1C2=C(C(=O)CCC2)C(c2ccccc2)C2=C1CCCC2=O. The van der Waals surface area contributed by atoms with Crippen molar-refractivity contribution in [3.05, 3.63) is 58.4 Å². The van der Waals surface area contributed by atoms with Gasteiger partial charge in [-0.25, -0.2) is 0 Å². The van der Waals surface area contributed by atoms with Gasteiger partial charge >= 0.3 is 0 Å². The smallest absolute Gasteiger partial charge is 0.161 e. The number of nitrogens with zero attached hydrogens (tertiary/aromatic N) is 1. The van der Waals surface area contributed by atoms with E-state index in [1.165, 1.54) is 0 Å². The fraction of sp³-hybridized carbons (Fsp3) is 0.478. The summed E-state index contributed by atoms with van der Waals surface area (Å²) in [7, 11) is 1.71. The molecular formula is C23H27NO3. The Kier molecular flexibility index (Phi) is 5.26. The Labute approximate surface area is 160 Å². The normalized spacial score (nSPS) is 20.9. The second-order valence-electron chi connectivity index (χ2n) is 7.62. The molecule has 4 nitrogen and oxygen atoms in total. The predicted octanol–water partition coefficient (Wildman–Crippen LogP) is 4.14. The van der Waals surface area contributed by atoms with Gasteiger partial charge in [0.15, 0.2) is 11.6 Å². The average Bonchev–Trinajstić information content (AvgIpc) is 2.69.